The Labute approximate surface area is 186 Å². The average molecular weight is 437 g/mol. The molecule has 160 valence electrons. The lowest BCUT2D eigenvalue weighted by molar-refractivity contribution is 0.0920. The molecule has 2 aliphatic rings. The zero-order valence-corrected chi connectivity index (χ0v) is 18.1. The standard InChI is InChI=1S/C23H25ClN6O/c24-17-6-3-5-16(13-17)21(31)15-30-12-4-7-20(30)22-18(14-26-28-22)19-8-9-25-23(27-19)29-10-1-2-11-29/h3,5-6,8-9,13-14,20H,1-2,4,7,10-12,15H2,(H,26,28). The van der Waals surface area contributed by atoms with Crippen LogP contribution in [0.2, 0.25) is 5.02 Å². The number of carbonyl (C=O) groups is 1. The first-order valence-corrected chi connectivity index (χ1v) is 11.2. The van der Waals surface area contributed by atoms with Gasteiger partial charge in [0.05, 0.1) is 30.2 Å². The van der Waals surface area contributed by atoms with E-state index >= 15 is 0 Å². The lowest BCUT2D eigenvalue weighted by atomic mass is 10.0. The summed E-state index contributed by atoms with van der Waals surface area (Å²) >= 11 is 6.07. The van der Waals surface area contributed by atoms with Crippen LogP contribution in [0, 0.1) is 0 Å². The second kappa shape index (κ2) is 8.77. The van der Waals surface area contributed by atoms with Crippen LogP contribution in [0.1, 0.15) is 47.8 Å². The van der Waals surface area contributed by atoms with E-state index in [1.807, 2.05) is 30.6 Å². The number of halogens is 1. The first-order chi connectivity index (χ1) is 15.2. The van der Waals surface area contributed by atoms with Crippen molar-refractivity contribution < 1.29 is 4.79 Å². The number of likely N-dealkylation sites (tertiary alicyclic amines) is 1. The number of nitrogens with one attached hydrogen (secondary N) is 1. The molecule has 3 aromatic rings. The van der Waals surface area contributed by atoms with Crippen molar-refractivity contribution in [3.05, 3.63) is 59.0 Å². The number of aromatic amines is 1. The zero-order chi connectivity index (χ0) is 21.2. The third-order valence-corrected chi connectivity index (χ3v) is 6.40. The molecule has 1 atom stereocenters. The van der Waals surface area contributed by atoms with Crippen LogP contribution in [0.4, 0.5) is 5.95 Å². The van der Waals surface area contributed by atoms with Gasteiger partial charge in [-0.05, 0) is 50.4 Å². The maximum absolute atomic E-state index is 12.9. The summed E-state index contributed by atoms with van der Waals surface area (Å²) in [4.78, 5) is 26.6. The van der Waals surface area contributed by atoms with Gasteiger partial charge in [0.2, 0.25) is 5.95 Å². The van der Waals surface area contributed by atoms with Crippen LogP contribution in [-0.4, -0.2) is 57.0 Å². The molecular formula is C23H25ClN6O. The van der Waals surface area contributed by atoms with Crippen LogP contribution in [0.15, 0.2) is 42.7 Å². The van der Waals surface area contributed by atoms with Gasteiger partial charge in [-0.15, -0.1) is 0 Å². The topological polar surface area (TPSA) is 78.0 Å². The molecule has 8 heteroatoms. The molecule has 4 heterocycles. The number of hydrogen-bond donors (Lipinski definition) is 1. The van der Waals surface area contributed by atoms with Crippen molar-refractivity contribution in [2.75, 3.05) is 31.1 Å². The zero-order valence-electron chi connectivity index (χ0n) is 17.3. The van der Waals surface area contributed by atoms with Gasteiger partial charge >= 0.3 is 0 Å². The molecule has 2 fully saturated rings. The van der Waals surface area contributed by atoms with Crippen LogP contribution in [0.25, 0.3) is 11.3 Å². The van der Waals surface area contributed by atoms with Crippen molar-refractivity contribution in [2.45, 2.75) is 31.7 Å². The minimum absolute atomic E-state index is 0.0776. The summed E-state index contributed by atoms with van der Waals surface area (Å²) in [5, 5.41) is 8.10. The smallest absolute Gasteiger partial charge is 0.225 e. The summed E-state index contributed by atoms with van der Waals surface area (Å²) in [6.45, 7) is 3.23. The number of hydrogen-bond acceptors (Lipinski definition) is 6. The van der Waals surface area contributed by atoms with Crippen LogP contribution < -0.4 is 4.90 Å². The van der Waals surface area contributed by atoms with Crippen LogP contribution in [0.3, 0.4) is 0 Å². The van der Waals surface area contributed by atoms with Gasteiger partial charge in [-0.1, -0.05) is 23.7 Å². The number of carbonyl (C=O) groups excluding carboxylic acids is 1. The predicted octanol–water partition coefficient (Wildman–Crippen LogP) is 4.14. The number of rotatable bonds is 6. The summed E-state index contributed by atoms with van der Waals surface area (Å²) in [5.74, 6) is 0.857. The van der Waals surface area contributed by atoms with Gasteiger partial charge < -0.3 is 4.90 Å². The first-order valence-electron chi connectivity index (χ1n) is 10.8. The first kappa shape index (κ1) is 20.2. The number of aromatic nitrogens is 4. The van der Waals surface area contributed by atoms with Crippen molar-refractivity contribution in [2.24, 2.45) is 0 Å². The number of ketones is 1. The summed E-state index contributed by atoms with van der Waals surface area (Å²) in [5.41, 5.74) is 3.51. The van der Waals surface area contributed by atoms with E-state index in [1.165, 1.54) is 12.8 Å². The van der Waals surface area contributed by atoms with E-state index in [9.17, 15) is 4.79 Å². The van der Waals surface area contributed by atoms with Gasteiger partial charge in [0, 0.05) is 35.4 Å². The summed E-state index contributed by atoms with van der Waals surface area (Å²) < 4.78 is 0. The van der Waals surface area contributed by atoms with Gasteiger partial charge in [-0.3, -0.25) is 14.8 Å². The average Bonchev–Trinajstić information content (AvgIpc) is 3.55. The Hall–Kier alpha value is -2.77. The lowest BCUT2D eigenvalue weighted by Gasteiger charge is -2.24. The largest absolute Gasteiger partial charge is 0.341 e. The predicted molar refractivity (Wildman–Crippen MR) is 120 cm³/mol. The molecule has 2 aromatic heterocycles. The quantitative estimate of drug-likeness (QED) is 0.585. The highest BCUT2D eigenvalue weighted by atomic mass is 35.5. The second-order valence-electron chi connectivity index (χ2n) is 8.20. The molecule has 31 heavy (non-hydrogen) atoms. The Morgan fingerprint density at radius 3 is 2.87 bits per heavy atom. The molecule has 2 saturated heterocycles. The van der Waals surface area contributed by atoms with E-state index in [1.54, 1.807) is 12.1 Å². The minimum atomic E-state index is 0.0776. The van der Waals surface area contributed by atoms with Crippen molar-refractivity contribution >= 4 is 23.3 Å². The molecule has 5 rings (SSSR count). The van der Waals surface area contributed by atoms with Crippen molar-refractivity contribution in [3.63, 3.8) is 0 Å². The molecule has 0 amide bonds. The third-order valence-electron chi connectivity index (χ3n) is 6.17. The van der Waals surface area contributed by atoms with Crippen molar-refractivity contribution in [1.82, 2.24) is 25.1 Å². The molecule has 1 N–H and O–H groups in total. The fraction of sp³-hybridized carbons (Fsp3) is 0.391. The minimum Gasteiger partial charge on any atom is -0.341 e. The molecular weight excluding hydrogens is 412 g/mol. The number of Topliss-reactive ketones (excluding diaryl/α,β-unsaturated/α-hetero) is 1. The molecule has 1 unspecified atom stereocenters. The Balaban J connectivity index is 1.38. The summed E-state index contributed by atoms with van der Waals surface area (Å²) in [7, 11) is 0. The van der Waals surface area contributed by atoms with E-state index in [0.717, 1.165) is 55.4 Å². The van der Waals surface area contributed by atoms with Gasteiger partial charge in [0.15, 0.2) is 5.78 Å². The van der Waals surface area contributed by atoms with Crippen LogP contribution in [-0.2, 0) is 0 Å². The molecule has 0 spiro atoms. The van der Waals surface area contributed by atoms with Crippen molar-refractivity contribution in [1.29, 1.82) is 0 Å². The molecule has 7 nitrogen and oxygen atoms in total. The highest BCUT2D eigenvalue weighted by Gasteiger charge is 2.31. The Bertz CT molecular complexity index is 1080. The van der Waals surface area contributed by atoms with Gasteiger partial charge in [0.1, 0.15) is 0 Å². The highest BCUT2D eigenvalue weighted by molar-refractivity contribution is 6.31. The van der Waals surface area contributed by atoms with E-state index in [-0.39, 0.29) is 11.8 Å². The van der Waals surface area contributed by atoms with E-state index < -0.39 is 0 Å². The highest BCUT2D eigenvalue weighted by Crippen LogP contribution is 2.36. The Kier molecular flexibility index (Phi) is 5.70. The maximum atomic E-state index is 12.9. The number of anilines is 1. The van der Waals surface area contributed by atoms with Crippen LogP contribution in [0.5, 0.6) is 0 Å². The fourth-order valence-corrected chi connectivity index (χ4v) is 4.79. The van der Waals surface area contributed by atoms with E-state index in [2.05, 4.69) is 25.0 Å². The molecule has 1 aromatic carbocycles. The molecule has 0 bridgehead atoms. The van der Waals surface area contributed by atoms with Gasteiger partial charge in [0.25, 0.3) is 0 Å². The fourth-order valence-electron chi connectivity index (χ4n) is 4.60. The molecule has 0 saturated carbocycles. The van der Waals surface area contributed by atoms with E-state index in [0.29, 0.717) is 17.1 Å². The van der Waals surface area contributed by atoms with E-state index in [4.69, 9.17) is 16.6 Å². The molecule has 2 aliphatic heterocycles. The Morgan fingerprint density at radius 2 is 2.03 bits per heavy atom. The normalized spacial score (nSPS) is 19.3. The number of H-pyrrole nitrogens is 1. The lowest BCUT2D eigenvalue weighted by Crippen LogP contribution is -2.30. The Morgan fingerprint density at radius 1 is 1.16 bits per heavy atom. The summed E-state index contributed by atoms with van der Waals surface area (Å²) in [6, 6.07) is 9.19. The van der Waals surface area contributed by atoms with Gasteiger partial charge in [-0.25, -0.2) is 9.97 Å². The number of nitrogens with zero attached hydrogens (tertiary/aromatic N) is 5. The van der Waals surface area contributed by atoms with Crippen molar-refractivity contribution in [3.8, 4) is 11.3 Å². The SMILES string of the molecule is O=C(CN1CCCC1c1[nH]ncc1-c1ccnc(N2CCCC2)n1)c1cccc(Cl)c1. The molecule has 0 radical (unpaired) electrons. The molecule has 0 aliphatic carbocycles. The number of benzene rings is 1. The monoisotopic (exact) mass is 436 g/mol. The maximum Gasteiger partial charge on any atom is 0.225 e. The van der Waals surface area contributed by atoms with Crippen LogP contribution >= 0.6 is 11.6 Å². The third kappa shape index (κ3) is 4.20. The second-order valence-corrected chi connectivity index (χ2v) is 8.63. The van der Waals surface area contributed by atoms with Gasteiger partial charge in [-0.2, -0.15) is 5.10 Å². The summed E-state index contributed by atoms with van der Waals surface area (Å²) in [6.07, 6.45) is 8.03.